The second-order valence-corrected chi connectivity index (χ2v) is 4.99. The fourth-order valence-electron chi connectivity index (χ4n) is 2.20. The van der Waals surface area contributed by atoms with Gasteiger partial charge >= 0.3 is 0 Å². The highest BCUT2D eigenvalue weighted by Crippen LogP contribution is 2.15. The molecule has 0 radical (unpaired) electrons. The van der Waals surface area contributed by atoms with Gasteiger partial charge in [-0.2, -0.15) is 9.97 Å². The maximum Gasteiger partial charge on any atom is 0.223 e. The molecule has 0 aromatic carbocycles. The third-order valence-electron chi connectivity index (χ3n) is 3.37. The number of anilines is 3. The highest BCUT2D eigenvalue weighted by atomic mass is 15.2. The monoisotopic (exact) mass is 250 g/mol. The Labute approximate surface area is 108 Å². The summed E-state index contributed by atoms with van der Waals surface area (Å²) in [6, 6.07) is 1.70. The zero-order chi connectivity index (χ0) is 13.0. The van der Waals surface area contributed by atoms with E-state index in [0.29, 0.717) is 11.6 Å². The number of nitrogens with two attached hydrogens (primary N) is 2. The molecule has 2 heterocycles. The van der Waals surface area contributed by atoms with Crippen molar-refractivity contribution >= 4 is 17.6 Å². The lowest BCUT2D eigenvalue weighted by Gasteiger charge is -2.30. The molecule has 0 spiro atoms. The van der Waals surface area contributed by atoms with Crippen LogP contribution < -0.4 is 16.8 Å². The molecule has 18 heavy (non-hydrogen) atoms. The average Bonchev–Trinajstić information content (AvgIpc) is 2.30. The van der Waals surface area contributed by atoms with Crippen LogP contribution in [0.2, 0.25) is 0 Å². The number of likely N-dealkylation sites (tertiary alicyclic amines) is 1. The molecule has 1 aliphatic heterocycles. The number of aromatic nitrogens is 2. The molecule has 5 N–H and O–H groups in total. The first-order chi connectivity index (χ1) is 8.63. The lowest BCUT2D eigenvalue weighted by molar-refractivity contribution is 0.199. The number of nitrogens with zero attached hydrogens (tertiary/aromatic N) is 3. The molecule has 1 aliphatic rings. The molecule has 2 rings (SSSR count). The van der Waals surface area contributed by atoms with E-state index in [1.807, 2.05) is 0 Å². The summed E-state index contributed by atoms with van der Waals surface area (Å²) in [7, 11) is 0. The first kappa shape index (κ1) is 12.9. The summed E-state index contributed by atoms with van der Waals surface area (Å²) in [5.74, 6) is 2.18. The normalized spacial score (nSPS) is 17.8. The highest BCUT2D eigenvalue weighted by Gasteiger charge is 2.14. The van der Waals surface area contributed by atoms with Crippen LogP contribution >= 0.6 is 0 Å². The standard InChI is InChI=1S/C12H22N6/c1-9-2-5-18(6-3-9)7-4-15-11-8-10(13)16-12(14)17-11/h8-9H,2-7H2,1H3,(H5,13,14,15,16,17). The van der Waals surface area contributed by atoms with Gasteiger partial charge in [0.1, 0.15) is 11.6 Å². The van der Waals surface area contributed by atoms with Gasteiger partial charge in [0.05, 0.1) is 0 Å². The van der Waals surface area contributed by atoms with Gasteiger partial charge in [0.25, 0.3) is 0 Å². The lowest BCUT2D eigenvalue weighted by atomic mass is 9.99. The fraction of sp³-hybridized carbons (Fsp3) is 0.667. The van der Waals surface area contributed by atoms with Gasteiger partial charge in [0, 0.05) is 19.2 Å². The summed E-state index contributed by atoms with van der Waals surface area (Å²) in [5.41, 5.74) is 11.1. The van der Waals surface area contributed by atoms with Crippen LogP contribution in [0.15, 0.2) is 6.07 Å². The second kappa shape index (κ2) is 5.86. The molecule has 100 valence electrons. The van der Waals surface area contributed by atoms with Gasteiger partial charge in [0.15, 0.2) is 0 Å². The van der Waals surface area contributed by atoms with E-state index in [9.17, 15) is 0 Å². The number of hydrogen-bond acceptors (Lipinski definition) is 6. The maximum absolute atomic E-state index is 5.61. The van der Waals surface area contributed by atoms with Crippen molar-refractivity contribution in [1.29, 1.82) is 0 Å². The maximum atomic E-state index is 5.61. The molecule has 0 atom stereocenters. The van der Waals surface area contributed by atoms with Crippen molar-refractivity contribution in [2.45, 2.75) is 19.8 Å². The number of nitrogen functional groups attached to an aromatic ring is 2. The summed E-state index contributed by atoms with van der Waals surface area (Å²) in [4.78, 5) is 10.4. The van der Waals surface area contributed by atoms with Gasteiger partial charge in [0.2, 0.25) is 5.95 Å². The Bertz CT molecular complexity index is 366. The Morgan fingerprint density at radius 2 is 2.06 bits per heavy atom. The molecule has 1 aromatic heterocycles. The molecule has 0 saturated carbocycles. The van der Waals surface area contributed by atoms with E-state index in [1.54, 1.807) is 6.07 Å². The smallest absolute Gasteiger partial charge is 0.223 e. The summed E-state index contributed by atoms with van der Waals surface area (Å²) in [6.45, 7) is 6.58. The van der Waals surface area contributed by atoms with E-state index in [2.05, 4.69) is 27.1 Å². The zero-order valence-corrected chi connectivity index (χ0v) is 10.9. The number of rotatable bonds is 4. The molecule has 6 nitrogen and oxygen atoms in total. The molecule has 0 amide bonds. The van der Waals surface area contributed by atoms with Crippen molar-refractivity contribution in [2.75, 3.05) is 43.0 Å². The minimum Gasteiger partial charge on any atom is -0.383 e. The van der Waals surface area contributed by atoms with Gasteiger partial charge in [-0.05, 0) is 31.8 Å². The van der Waals surface area contributed by atoms with E-state index < -0.39 is 0 Å². The van der Waals surface area contributed by atoms with Gasteiger partial charge < -0.3 is 21.7 Å². The quantitative estimate of drug-likeness (QED) is 0.731. The van der Waals surface area contributed by atoms with Crippen LogP contribution in [0, 0.1) is 5.92 Å². The van der Waals surface area contributed by atoms with E-state index >= 15 is 0 Å². The van der Waals surface area contributed by atoms with Gasteiger partial charge in [-0.25, -0.2) is 0 Å². The van der Waals surface area contributed by atoms with Gasteiger partial charge in [-0.1, -0.05) is 6.92 Å². The Balaban J connectivity index is 1.74. The summed E-state index contributed by atoms with van der Waals surface area (Å²) in [6.07, 6.45) is 2.60. The van der Waals surface area contributed by atoms with E-state index in [4.69, 9.17) is 11.5 Å². The largest absolute Gasteiger partial charge is 0.383 e. The molecular formula is C12H22N6. The third kappa shape index (κ3) is 3.73. The summed E-state index contributed by atoms with van der Waals surface area (Å²) in [5, 5.41) is 3.23. The Morgan fingerprint density at radius 3 is 2.72 bits per heavy atom. The molecule has 0 aliphatic carbocycles. The van der Waals surface area contributed by atoms with Crippen molar-refractivity contribution < 1.29 is 0 Å². The first-order valence-corrected chi connectivity index (χ1v) is 6.50. The average molecular weight is 250 g/mol. The van der Waals surface area contributed by atoms with Crippen LogP contribution in [0.1, 0.15) is 19.8 Å². The van der Waals surface area contributed by atoms with Crippen LogP contribution in [0.4, 0.5) is 17.6 Å². The predicted octanol–water partition coefficient (Wildman–Crippen LogP) is 0.785. The fourth-order valence-corrected chi connectivity index (χ4v) is 2.20. The minimum atomic E-state index is 0.212. The van der Waals surface area contributed by atoms with Crippen LogP contribution in [0.25, 0.3) is 0 Å². The molecule has 1 aromatic rings. The third-order valence-corrected chi connectivity index (χ3v) is 3.37. The van der Waals surface area contributed by atoms with Crippen LogP contribution in [-0.2, 0) is 0 Å². The van der Waals surface area contributed by atoms with Crippen LogP contribution in [-0.4, -0.2) is 41.0 Å². The summed E-state index contributed by atoms with van der Waals surface area (Å²) < 4.78 is 0. The van der Waals surface area contributed by atoms with Crippen molar-refractivity contribution in [3.8, 4) is 0 Å². The van der Waals surface area contributed by atoms with E-state index in [-0.39, 0.29) is 5.95 Å². The van der Waals surface area contributed by atoms with Crippen LogP contribution in [0.5, 0.6) is 0 Å². The lowest BCUT2D eigenvalue weighted by Crippen LogP contribution is -2.36. The molecule has 1 fully saturated rings. The first-order valence-electron chi connectivity index (χ1n) is 6.50. The zero-order valence-electron chi connectivity index (χ0n) is 10.9. The van der Waals surface area contributed by atoms with E-state index in [1.165, 1.54) is 25.9 Å². The Morgan fingerprint density at radius 1 is 1.33 bits per heavy atom. The van der Waals surface area contributed by atoms with Crippen molar-refractivity contribution in [3.05, 3.63) is 6.07 Å². The van der Waals surface area contributed by atoms with Gasteiger partial charge in [-0.3, -0.25) is 0 Å². The molecule has 6 heteroatoms. The van der Waals surface area contributed by atoms with Crippen molar-refractivity contribution in [1.82, 2.24) is 14.9 Å². The Kier molecular flexibility index (Phi) is 4.19. The topological polar surface area (TPSA) is 93.1 Å². The SMILES string of the molecule is CC1CCN(CCNc2cc(N)nc(N)n2)CC1. The summed E-state index contributed by atoms with van der Waals surface area (Å²) >= 11 is 0. The predicted molar refractivity (Wildman–Crippen MR) is 74.2 cm³/mol. The molecule has 0 bridgehead atoms. The van der Waals surface area contributed by atoms with Crippen LogP contribution in [0.3, 0.4) is 0 Å². The number of nitrogens with one attached hydrogen (secondary N) is 1. The van der Waals surface area contributed by atoms with Gasteiger partial charge in [-0.15, -0.1) is 0 Å². The highest BCUT2D eigenvalue weighted by molar-refractivity contribution is 5.48. The molecule has 1 saturated heterocycles. The number of hydrogen-bond donors (Lipinski definition) is 3. The second-order valence-electron chi connectivity index (χ2n) is 4.99. The molecular weight excluding hydrogens is 228 g/mol. The van der Waals surface area contributed by atoms with Crippen molar-refractivity contribution in [2.24, 2.45) is 5.92 Å². The minimum absolute atomic E-state index is 0.212. The van der Waals surface area contributed by atoms with Crippen molar-refractivity contribution in [3.63, 3.8) is 0 Å². The number of piperidine rings is 1. The molecule has 0 unspecified atom stereocenters. The Hall–Kier alpha value is -1.56. The van der Waals surface area contributed by atoms with E-state index in [0.717, 1.165) is 19.0 Å².